The fraction of sp³-hybridized carbons (Fsp3) is 0.667. The maximum absolute atomic E-state index is 5.95. The smallest absolute Gasteiger partial charge is 0.0817 e. The molecular formula is C9H16ClN3. The van der Waals surface area contributed by atoms with E-state index < -0.39 is 0 Å². The van der Waals surface area contributed by atoms with Crippen molar-refractivity contribution >= 4 is 11.6 Å². The van der Waals surface area contributed by atoms with Gasteiger partial charge in [-0.3, -0.25) is 4.68 Å². The van der Waals surface area contributed by atoms with Gasteiger partial charge in [-0.15, -0.1) is 0 Å². The molecule has 1 aromatic heterocycles. The lowest BCUT2D eigenvalue weighted by atomic mass is 10.1. The van der Waals surface area contributed by atoms with Gasteiger partial charge in [0.2, 0.25) is 0 Å². The minimum Gasteiger partial charge on any atom is -0.328 e. The third-order valence-corrected chi connectivity index (χ3v) is 2.60. The van der Waals surface area contributed by atoms with E-state index in [1.54, 1.807) is 6.20 Å². The summed E-state index contributed by atoms with van der Waals surface area (Å²) in [5, 5.41) is 4.81. The molecular weight excluding hydrogens is 186 g/mol. The van der Waals surface area contributed by atoms with Crippen LogP contribution in [0.5, 0.6) is 0 Å². The van der Waals surface area contributed by atoms with Gasteiger partial charge in [0.15, 0.2) is 0 Å². The van der Waals surface area contributed by atoms with Crippen LogP contribution in [-0.2, 0) is 13.5 Å². The van der Waals surface area contributed by atoms with Crippen molar-refractivity contribution in [3.05, 3.63) is 16.9 Å². The first-order chi connectivity index (χ1) is 6.15. The zero-order valence-electron chi connectivity index (χ0n) is 8.13. The van der Waals surface area contributed by atoms with E-state index in [1.807, 2.05) is 11.7 Å². The van der Waals surface area contributed by atoms with E-state index in [1.165, 1.54) is 0 Å². The average Bonchev–Trinajstić information content (AvgIpc) is 2.43. The molecule has 1 heterocycles. The highest BCUT2D eigenvalue weighted by molar-refractivity contribution is 6.31. The Balaban J connectivity index is 2.53. The lowest BCUT2D eigenvalue weighted by Crippen LogP contribution is -2.19. The van der Waals surface area contributed by atoms with Crippen LogP contribution in [0.2, 0.25) is 5.02 Å². The molecule has 1 unspecified atom stereocenters. The van der Waals surface area contributed by atoms with Crippen molar-refractivity contribution in [2.24, 2.45) is 12.8 Å². The molecule has 0 aliphatic carbocycles. The van der Waals surface area contributed by atoms with Crippen molar-refractivity contribution in [3.63, 3.8) is 0 Å². The largest absolute Gasteiger partial charge is 0.328 e. The highest BCUT2D eigenvalue weighted by Gasteiger charge is 2.07. The number of nitrogens with zero attached hydrogens (tertiary/aromatic N) is 2. The summed E-state index contributed by atoms with van der Waals surface area (Å²) in [7, 11) is 1.90. The molecule has 3 nitrogen and oxygen atoms in total. The van der Waals surface area contributed by atoms with Crippen molar-refractivity contribution in [2.75, 3.05) is 0 Å². The fourth-order valence-electron chi connectivity index (χ4n) is 1.24. The molecule has 1 rings (SSSR count). The Hall–Kier alpha value is -0.540. The maximum atomic E-state index is 5.95. The van der Waals surface area contributed by atoms with Crippen LogP contribution in [0.4, 0.5) is 0 Å². The minimum absolute atomic E-state index is 0.269. The molecule has 1 aromatic rings. The van der Waals surface area contributed by atoms with Gasteiger partial charge in [-0.2, -0.15) is 5.10 Å². The van der Waals surface area contributed by atoms with Crippen LogP contribution in [-0.4, -0.2) is 15.8 Å². The number of rotatable bonds is 4. The van der Waals surface area contributed by atoms with E-state index in [2.05, 4.69) is 12.0 Å². The normalized spacial score (nSPS) is 13.2. The second-order valence-electron chi connectivity index (χ2n) is 3.27. The molecule has 74 valence electrons. The van der Waals surface area contributed by atoms with Crippen molar-refractivity contribution in [3.8, 4) is 0 Å². The van der Waals surface area contributed by atoms with Crippen LogP contribution < -0.4 is 5.73 Å². The lowest BCUT2D eigenvalue weighted by molar-refractivity contribution is 0.575. The van der Waals surface area contributed by atoms with Crippen molar-refractivity contribution in [1.29, 1.82) is 0 Å². The second-order valence-corrected chi connectivity index (χ2v) is 3.68. The Kier molecular flexibility index (Phi) is 3.75. The number of hydrogen-bond donors (Lipinski definition) is 1. The average molecular weight is 202 g/mol. The van der Waals surface area contributed by atoms with Gasteiger partial charge in [0.05, 0.1) is 16.9 Å². The first kappa shape index (κ1) is 10.5. The molecule has 0 aliphatic heterocycles. The molecule has 0 saturated carbocycles. The van der Waals surface area contributed by atoms with Gasteiger partial charge in [-0.05, 0) is 19.3 Å². The Bertz CT molecular complexity index is 250. The van der Waals surface area contributed by atoms with Gasteiger partial charge < -0.3 is 5.73 Å². The topological polar surface area (TPSA) is 43.8 Å². The molecule has 0 aliphatic rings. The zero-order chi connectivity index (χ0) is 9.84. The van der Waals surface area contributed by atoms with Crippen molar-refractivity contribution in [2.45, 2.75) is 32.2 Å². The summed E-state index contributed by atoms with van der Waals surface area (Å²) in [6.45, 7) is 2.09. The van der Waals surface area contributed by atoms with E-state index in [4.69, 9.17) is 17.3 Å². The number of nitrogens with two attached hydrogens (primary N) is 1. The summed E-state index contributed by atoms with van der Waals surface area (Å²) in [6, 6.07) is 0.269. The van der Waals surface area contributed by atoms with Crippen LogP contribution in [0.3, 0.4) is 0 Å². The number of halogens is 1. The summed E-state index contributed by atoms with van der Waals surface area (Å²) < 4.78 is 1.81. The monoisotopic (exact) mass is 201 g/mol. The van der Waals surface area contributed by atoms with Gasteiger partial charge in [-0.1, -0.05) is 18.5 Å². The molecule has 0 saturated heterocycles. The Morgan fingerprint density at radius 1 is 1.69 bits per heavy atom. The molecule has 1 atom stereocenters. The Morgan fingerprint density at radius 3 is 2.85 bits per heavy atom. The van der Waals surface area contributed by atoms with Gasteiger partial charge >= 0.3 is 0 Å². The molecule has 4 heteroatoms. The van der Waals surface area contributed by atoms with Crippen LogP contribution >= 0.6 is 11.6 Å². The number of aryl methyl sites for hydroxylation is 1. The summed E-state index contributed by atoms with van der Waals surface area (Å²) in [6.07, 6.45) is 4.56. The third kappa shape index (κ3) is 2.71. The summed E-state index contributed by atoms with van der Waals surface area (Å²) >= 11 is 5.95. The highest BCUT2D eigenvalue weighted by Crippen LogP contribution is 2.16. The van der Waals surface area contributed by atoms with E-state index in [0.29, 0.717) is 0 Å². The van der Waals surface area contributed by atoms with E-state index in [9.17, 15) is 0 Å². The van der Waals surface area contributed by atoms with Crippen molar-refractivity contribution < 1.29 is 0 Å². The van der Waals surface area contributed by atoms with Gasteiger partial charge in [0.1, 0.15) is 0 Å². The quantitative estimate of drug-likeness (QED) is 0.807. The fourth-order valence-corrected chi connectivity index (χ4v) is 1.50. The highest BCUT2D eigenvalue weighted by atomic mass is 35.5. The zero-order valence-corrected chi connectivity index (χ0v) is 8.88. The minimum atomic E-state index is 0.269. The number of hydrogen-bond acceptors (Lipinski definition) is 2. The molecule has 2 N–H and O–H groups in total. The first-order valence-electron chi connectivity index (χ1n) is 4.57. The van der Waals surface area contributed by atoms with Gasteiger partial charge in [0, 0.05) is 13.1 Å². The van der Waals surface area contributed by atoms with Crippen molar-refractivity contribution in [1.82, 2.24) is 9.78 Å². The molecule has 0 radical (unpaired) electrons. The summed E-state index contributed by atoms with van der Waals surface area (Å²) in [4.78, 5) is 0. The Labute approximate surface area is 83.9 Å². The molecule has 0 aromatic carbocycles. The van der Waals surface area contributed by atoms with Crippen LogP contribution in [0.25, 0.3) is 0 Å². The predicted octanol–water partition coefficient (Wildman–Crippen LogP) is 1.74. The number of aromatic nitrogens is 2. The molecule has 13 heavy (non-hydrogen) atoms. The van der Waals surface area contributed by atoms with Gasteiger partial charge in [0.25, 0.3) is 0 Å². The second kappa shape index (κ2) is 4.63. The SMILES string of the molecule is CCC(N)CCc1c(Cl)cnn1C. The lowest BCUT2D eigenvalue weighted by Gasteiger charge is -2.08. The summed E-state index contributed by atoms with van der Waals surface area (Å²) in [5.41, 5.74) is 6.89. The molecule has 0 bridgehead atoms. The van der Waals surface area contributed by atoms with E-state index >= 15 is 0 Å². The predicted molar refractivity (Wildman–Crippen MR) is 54.8 cm³/mol. The Morgan fingerprint density at radius 2 is 2.38 bits per heavy atom. The molecule has 0 amide bonds. The molecule has 0 fully saturated rings. The van der Waals surface area contributed by atoms with Crippen LogP contribution in [0.1, 0.15) is 25.5 Å². The summed E-state index contributed by atoms with van der Waals surface area (Å²) in [5.74, 6) is 0. The van der Waals surface area contributed by atoms with E-state index in [0.717, 1.165) is 30.0 Å². The standard InChI is InChI=1S/C9H16ClN3/c1-3-7(11)4-5-9-8(10)6-12-13(9)2/h6-7H,3-5,11H2,1-2H3. The van der Waals surface area contributed by atoms with Crippen LogP contribution in [0, 0.1) is 0 Å². The van der Waals surface area contributed by atoms with E-state index in [-0.39, 0.29) is 6.04 Å². The first-order valence-corrected chi connectivity index (χ1v) is 4.95. The van der Waals surface area contributed by atoms with Gasteiger partial charge in [-0.25, -0.2) is 0 Å². The third-order valence-electron chi connectivity index (χ3n) is 2.29. The van der Waals surface area contributed by atoms with Crippen LogP contribution in [0.15, 0.2) is 6.20 Å². The maximum Gasteiger partial charge on any atom is 0.0817 e. The molecule has 0 spiro atoms.